The van der Waals surface area contributed by atoms with Gasteiger partial charge in [0.1, 0.15) is 0 Å². The Balaban J connectivity index is 0. The molecule has 0 rings (SSSR count). The topological polar surface area (TPSA) is 6.48 Å². The lowest BCUT2D eigenvalue weighted by Crippen LogP contribution is -2.27. The van der Waals surface area contributed by atoms with E-state index in [-0.39, 0.29) is 0 Å². The van der Waals surface area contributed by atoms with E-state index in [1.54, 1.807) is 0 Å². The molecule has 0 aromatic heterocycles. The highest BCUT2D eigenvalue weighted by molar-refractivity contribution is 4.63. The van der Waals surface area contributed by atoms with Gasteiger partial charge in [-0.2, -0.15) is 0 Å². The van der Waals surface area contributed by atoms with Crippen molar-refractivity contribution in [3.05, 3.63) is 0 Å². The molecule has 0 bridgehead atoms. The number of hydrogen-bond acceptors (Lipinski definition) is 2. The minimum Gasteiger partial charge on any atom is -0.303 e. The van der Waals surface area contributed by atoms with Crippen molar-refractivity contribution >= 4 is 0 Å². The molecule has 0 unspecified atom stereocenters. The molecular weight excluding hydrogens is 641 g/mol. The summed E-state index contributed by atoms with van der Waals surface area (Å²) in [6.45, 7) is 36.3. The highest BCUT2D eigenvalue weighted by Crippen LogP contribution is 2.16. The number of unbranched alkanes of at least 4 members (excludes halogenated alkanes) is 15. The molecule has 0 aromatic carbocycles. The Morgan fingerprint density at radius 3 is 0.472 bits per heavy atom. The Kier molecular flexibility index (Phi) is 43.1. The average molecular weight is 749 g/mol. The molecule has 0 radical (unpaired) electrons. The van der Waals surface area contributed by atoms with Gasteiger partial charge in [0, 0.05) is 0 Å². The van der Waals surface area contributed by atoms with Crippen molar-refractivity contribution in [1.29, 1.82) is 0 Å². The summed E-state index contributed by atoms with van der Waals surface area (Å²) >= 11 is 0. The Bertz CT molecular complexity index is 575. The molecule has 0 fully saturated rings. The van der Waals surface area contributed by atoms with E-state index in [0.29, 0.717) is 0 Å². The number of hydrogen-bond donors (Lipinski definition) is 0. The van der Waals surface area contributed by atoms with Gasteiger partial charge >= 0.3 is 0 Å². The molecule has 2 nitrogen and oxygen atoms in total. The van der Waals surface area contributed by atoms with Gasteiger partial charge in [-0.15, -0.1) is 0 Å². The van der Waals surface area contributed by atoms with E-state index in [1.807, 2.05) is 0 Å². The minimum atomic E-state index is 0.873. The molecule has 0 heterocycles. The van der Waals surface area contributed by atoms with Crippen LogP contribution in [0.1, 0.15) is 256 Å². The largest absolute Gasteiger partial charge is 0.303 e. The number of rotatable bonds is 39. The molecule has 0 aliphatic rings. The fourth-order valence-electron chi connectivity index (χ4n) is 7.59. The summed E-state index contributed by atoms with van der Waals surface area (Å²) in [5.74, 6) is 5.25. The molecule has 0 atom stereocenters. The molecular formula is C51H108N2. The fraction of sp³-hybridized carbons (Fsp3) is 1.00. The third-order valence-corrected chi connectivity index (χ3v) is 11.3. The van der Waals surface area contributed by atoms with Crippen LogP contribution in [0.15, 0.2) is 0 Å². The monoisotopic (exact) mass is 749 g/mol. The van der Waals surface area contributed by atoms with Crippen molar-refractivity contribution in [3.8, 4) is 0 Å². The van der Waals surface area contributed by atoms with E-state index >= 15 is 0 Å². The maximum Gasteiger partial charge on any atom is -0.00187 e. The maximum absolute atomic E-state index is 2.80. The van der Waals surface area contributed by atoms with Gasteiger partial charge in [0.2, 0.25) is 0 Å². The average Bonchev–Trinajstić information content (AvgIpc) is 3.07. The van der Waals surface area contributed by atoms with Crippen molar-refractivity contribution in [2.75, 3.05) is 39.3 Å². The summed E-state index contributed by atoms with van der Waals surface area (Å²) in [4.78, 5) is 5.58. The van der Waals surface area contributed by atoms with Crippen LogP contribution in [0.4, 0.5) is 0 Å². The van der Waals surface area contributed by atoms with Crippen LogP contribution in [0.5, 0.6) is 0 Å². The van der Waals surface area contributed by atoms with Crippen molar-refractivity contribution < 1.29 is 0 Å². The van der Waals surface area contributed by atoms with Gasteiger partial charge in [-0.1, -0.05) is 218 Å². The lowest BCUT2D eigenvalue weighted by Gasteiger charge is -2.22. The highest BCUT2D eigenvalue weighted by atomic mass is 15.1. The van der Waals surface area contributed by atoms with Gasteiger partial charge in [-0.05, 0) is 113 Å². The molecule has 0 saturated carbocycles. The zero-order chi connectivity index (χ0) is 40.0. The van der Waals surface area contributed by atoms with Crippen LogP contribution in [-0.2, 0) is 0 Å². The first-order valence-electron chi connectivity index (χ1n) is 24.8. The second-order valence-corrected chi connectivity index (χ2v) is 20.2. The predicted octanol–water partition coefficient (Wildman–Crippen LogP) is 17.0. The van der Waals surface area contributed by atoms with E-state index in [4.69, 9.17) is 0 Å². The maximum atomic E-state index is 2.80. The number of nitrogens with zero attached hydrogens (tertiary/aromatic N) is 2. The minimum absolute atomic E-state index is 0.873. The molecule has 0 aliphatic carbocycles. The smallest absolute Gasteiger partial charge is 0.00187 e. The van der Waals surface area contributed by atoms with Crippen molar-refractivity contribution in [2.45, 2.75) is 256 Å². The van der Waals surface area contributed by atoms with Gasteiger partial charge < -0.3 is 9.80 Å². The Hall–Kier alpha value is -0.0800. The van der Waals surface area contributed by atoms with E-state index in [9.17, 15) is 0 Å². The molecule has 0 saturated heterocycles. The van der Waals surface area contributed by atoms with Gasteiger partial charge in [0.05, 0.1) is 0 Å². The van der Waals surface area contributed by atoms with Gasteiger partial charge in [0.25, 0.3) is 0 Å². The molecule has 0 N–H and O–H groups in total. The zero-order valence-corrected chi connectivity index (χ0v) is 39.7. The molecule has 0 aromatic rings. The summed E-state index contributed by atoms with van der Waals surface area (Å²) in [7, 11) is 0. The lowest BCUT2D eigenvalue weighted by atomic mass is 10.0. The molecule has 2 heteroatoms. The molecule has 0 aliphatic heterocycles. The first-order chi connectivity index (χ1) is 25.3. The second-order valence-electron chi connectivity index (χ2n) is 20.2. The molecule has 0 spiro atoms. The lowest BCUT2D eigenvalue weighted by molar-refractivity contribution is 0.252. The van der Waals surface area contributed by atoms with Crippen LogP contribution in [0.25, 0.3) is 0 Å². The van der Waals surface area contributed by atoms with Gasteiger partial charge in [-0.25, -0.2) is 0 Å². The first-order valence-corrected chi connectivity index (χ1v) is 24.8. The standard InChI is InChI=1S/C27H57N.C24H51N/c1-25(2)19-13-7-10-16-22-28(23-17-11-8-14-20-26(3)4)24-18-12-9-15-21-27(5)6;1-22(2)16-10-7-13-19-25(20-14-8-11-17-23(3)4)21-15-9-12-18-24(5)6/h25-27H,7-24H2,1-6H3;22-24H,7-21H2,1-6H3. The van der Waals surface area contributed by atoms with Crippen molar-refractivity contribution in [2.24, 2.45) is 35.5 Å². The highest BCUT2D eigenvalue weighted by Gasteiger charge is 2.08. The summed E-state index contributed by atoms with van der Waals surface area (Å²) in [6, 6.07) is 0. The summed E-state index contributed by atoms with van der Waals surface area (Å²) in [5.41, 5.74) is 0. The summed E-state index contributed by atoms with van der Waals surface area (Å²) < 4.78 is 0. The van der Waals surface area contributed by atoms with Gasteiger partial charge in [0.15, 0.2) is 0 Å². The normalized spacial score (nSPS) is 12.2. The van der Waals surface area contributed by atoms with Crippen LogP contribution in [0, 0.1) is 35.5 Å². The zero-order valence-electron chi connectivity index (χ0n) is 39.7. The van der Waals surface area contributed by atoms with Crippen LogP contribution in [0.2, 0.25) is 0 Å². The Morgan fingerprint density at radius 2 is 0.321 bits per heavy atom. The fourth-order valence-corrected chi connectivity index (χ4v) is 7.59. The van der Waals surface area contributed by atoms with E-state index in [1.165, 1.54) is 213 Å². The predicted molar refractivity (Wildman–Crippen MR) is 247 cm³/mol. The molecule has 322 valence electrons. The Morgan fingerprint density at radius 1 is 0.189 bits per heavy atom. The van der Waals surface area contributed by atoms with Crippen LogP contribution >= 0.6 is 0 Å². The van der Waals surface area contributed by atoms with E-state index in [2.05, 4.69) is 92.9 Å². The van der Waals surface area contributed by atoms with Crippen LogP contribution < -0.4 is 0 Å². The van der Waals surface area contributed by atoms with Gasteiger partial charge in [-0.3, -0.25) is 0 Å². The Labute approximate surface area is 340 Å². The van der Waals surface area contributed by atoms with Crippen molar-refractivity contribution in [3.63, 3.8) is 0 Å². The SMILES string of the molecule is CC(C)CCCCCCN(CCCCCCC(C)C)CCCCCCC(C)C.CC(C)CCCCCN(CCCCCC(C)C)CCCCCC(C)C. The van der Waals surface area contributed by atoms with E-state index in [0.717, 1.165) is 35.5 Å². The van der Waals surface area contributed by atoms with Crippen LogP contribution in [0.3, 0.4) is 0 Å². The quantitative estimate of drug-likeness (QED) is 0.0578. The van der Waals surface area contributed by atoms with E-state index < -0.39 is 0 Å². The second kappa shape index (κ2) is 41.6. The third-order valence-electron chi connectivity index (χ3n) is 11.3. The first kappa shape index (κ1) is 55.0. The molecule has 0 amide bonds. The summed E-state index contributed by atoms with van der Waals surface area (Å²) in [5, 5.41) is 0. The molecule has 53 heavy (non-hydrogen) atoms. The third kappa shape index (κ3) is 49.9. The summed E-state index contributed by atoms with van der Waals surface area (Å²) in [6.07, 6.45) is 38.4. The van der Waals surface area contributed by atoms with Crippen molar-refractivity contribution in [1.82, 2.24) is 9.80 Å². The van der Waals surface area contributed by atoms with Crippen LogP contribution in [-0.4, -0.2) is 49.1 Å².